The van der Waals surface area contributed by atoms with E-state index in [1.807, 2.05) is 17.2 Å². The first-order chi connectivity index (χ1) is 8.58. The predicted octanol–water partition coefficient (Wildman–Crippen LogP) is 2.60. The molecule has 0 aromatic carbocycles. The molecule has 3 unspecified atom stereocenters. The average molecular weight is 301 g/mol. The van der Waals surface area contributed by atoms with Gasteiger partial charge < -0.3 is 10.6 Å². The standard InChI is InChI=1S/C14H20N2OS.ClH/c1-8-9(2)18-7-12(8)14(17)16-5-10-3-4-13(15)11(10)6-16;/h7,10-11,13H,3-6,15H2,1-2H3;1H. The summed E-state index contributed by atoms with van der Waals surface area (Å²) in [7, 11) is 0. The molecule has 1 saturated carbocycles. The highest BCUT2D eigenvalue weighted by Crippen LogP contribution is 2.38. The van der Waals surface area contributed by atoms with Crippen molar-refractivity contribution in [3.05, 3.63) is 21.4 Å². The van der Waals surface area contributed by atoms with Gasteiger partial charge in [0.25, 0.3) is 5.91 Å². The summed E-state index contributed by atoms with van der Waals surface area (Å²) < 4.78 is 0. The van der Waals surface area contributed by atoms with E-state index in [9.17, 15) is 4.79 Å². The van der Waals surface area contributed by atoms with E-state index in [-0.39, 0.29) is 18.3 Å². The van der Waals surface area contributed by atoms with E-state index in [0.717, 1.165) is 30.6 Å². The first-order valence-electron chi connectivity index (χ1n) is 6.67. The second-order valence-electron chi connectivity index (χ2n) is 5.71. The lowest BCUT2D eigenvalue weighted by atomic mass is 9.98. The second kappa shape index (κ2) is 5.43. The van der Waals surface area contributed by atoms with E-state index in [1.165, 1.54) is 11.3 Å². The van der Waals surface area contributed by atoms with Crippen molar-refractivity contribution in [3.8, 4) is 0 Å². The van der Waals surface area contributed by atoms with Crippen LogP contribution in [-0.4, -0.2) is 29.9 Å². The van der Waals surface area contributed by atoms with E-state index in [2.05, 4.69) is 6.92 Å². The number of carbonyl (C=O) groups excluding carboxylic acids is 1. The van der Waals surface area contributed by atoms with Crippen molar-refractivity contribution in [2.45, 2.75) is 32.7 Å². The van der Waals surface area contributed by atoms with Crippen molar-refractivity contribution >= 4 is 29.7 Å². The molecule has 2 fully saturated rings. The fourth-order valence-electron chi connectivity index (χ4n) is 3.37. The molecule has 2 heterocycles. The Bertz CT molecular complexity index is 488. The van der Waals surface area contributed by atoms with Gasteiger partial charge in [-0.1, -0.05) is 0 Å². The van der Waals surface area contributed by atoms with Crippen LogP contribution in [0.25, 0.3) is 0 Å². The molecule has 3 atom stereocenters. The Morgan fingerprint density at radius 2 is 2.11 bits per heavy atom. The van der Waals surface area contributed by atoms with Crippen LogP contribution < -0.4 is 5.73 Å². The molecule has 1 aliphatic heterocycles. The van der Waals surface area contributed by atoms with E-state index in [0.29, 0.717) is 17.9 Å². The molecule has 1 amide bonds. The highest BCUT2D eigenvalue weighted by molar-refractivity contribution is 7.10. The van der Waals surface area contributed by atoms with Crippen LogP contribution >= 0.6 is 23.7 Å². The molecule has 1 aliphatic carbocycles. The van der Waals surface area contributed by atoms with Gasteiger partial charge in [0.1, 0.15) is 0 Å². The number of amides is 1. The lowest BCUT2D eigenvalue weighted by molar-refractivity contribution is 0.0779. The molecule has 0 radical (unpaired) electrons. The molecule has 3 nitrogen and oxygen atoms in total. The molecule has 19 heavy (non-hydrogen) atoms. The first-order valence-corrected chi connectivity index (χ1v) is 7.55. The number of hydrogen-bond acceptors (Lipinski definition) is 3. The molecule has 106 valence electrons. The molecule has 0 bridgehead atoms. The Kier molecular flexibility index (Phi) is 4.23. The third kappa shape index (κ3) is 2.41. The van der Waals surface area contributed by atoms with Gasteiger partial charge in [0.15, 0.2) is 0 Å². The summed E-state index contributed by atoms with van der Waals surface area (Å²) >= 11 is 1.67. The fourth-order valence-corrected chi connectivity index (χ4v) is 4.23. The van der Waals surface area contributed by atoms with E-state index >= 15 is 0 Å². The second-order valence-corrected chi connectivity index (χ2v) is 6.79. The van der Waals surface area contributed by atoms with Gasteiger partial charge in [-0.3, -0.25) is 4.79 Å². The zero-order chi connectivity index (χ0) is 12.9. The maximum Gasteiger partial charge on any atom is 0.254 e. The van der Waals surface area contributed by atoms with Crippen molar-refractivity contribution in [1.29, 1.82) is 0 Å². The number of hydrogen-bond donors (Lipinski definition) is 1. The van der Waals surface area contributed by atoms with Crippen LogP contribution in [0, 0.1) is 25.7 Å². The lowest BCUT2D eigenvalue weighted by Crippen LogP contribution is -2.33. The normalized spacial score (nSPS) is 29.2. The third-order valence-corrected chi connectivity index (χ3v) is 5.73. The number of fused-ring (bicyclic) bond motifs is 1. The monoisotopic (exact) mass is 300 g/mol. The zero-order valence-electron chi connectivity index (χ0n) is 11.4. The molecule has 1 aromatic rings. The molecule has 2 aliphatic rings. The van der Waals surface area contributed by atoms with Crippen LogP contribution in [0.3, 0.4) is 0 Å². The van der Waals surface area contributed by atoms with E-state index in [1.54, 1.807) is 11.3 Å². The van der Waals surface area contributed by atoms with Gasteiger partial charge in [-0.2, -0.15) is 0 Å². The maximum atomic E-state index is 12.5. The summed E-state index contributed by atoms with van der Waals surface area (Å²) in [5, 5.41) is 2.00. The molecular weight excluding hydrogens is 280 g/mol. The number of aryl methyl sites for hydroxylation is 1. The Hall–Kier alpha value is -0.580. The van der Waals surface area contributed by atoms with Crippen molar-refractivity contribution in [2.75, 3.05) is 13.1 Å². The third-order valence-electron chi connectivity index (χ3n) is 4.72. The van der Waals surface area contributed by atoms with Gasteiger partial charge in [0.2, 0.25) is 0 Å². The Morgan fingerprint density at radius 3 is 2.68 bits per heavy atom. The van der Waals surface area contributed by atoms with Crippen molar-refractivity contribution < 1.29 is 4.79 Å². The summed E-state index contributed by atoms with van der Waals surface area (Å²) in [6, 6.07) is 0.304. The summed E-state index contributed by atoms with van der Waals surface area (Å²) in [5.74, 6) is 1.39. The number of rotatable bonds is 1. The minimum Gasteiger partial charge on any atom is -0.338 e. The van der Waals surface area contributed by atoms with Crippen LogP contribution in [0.2, 0.25) is 0 Å². The molecule has 5 heteroatoms. The number of carbonyl (C=O) groups is 1. The van der Waals surface area contributed by atoms with Gasteiger partial charge in [0, 0.05) is 29.4 Å². The van der Waals surface area contributed by atoms with Gasteiger partial charge in [-0.05, 0) is 44.1 Å². The highest BCUT2D eigenvalue weighted by atomic mass is 35.5. The summed E-state index contributed by atoms with van der Waals surface area (Å²) in [4.78, 5) is 15.8. The molecular formula is C14H21ClN2OS. The fraction of sp³-hybridized carbons (Fsp3) is 0.643. The van der Waals surface area contributed by atoms with E-state index < -0.39 is 0 Å². The largest absolute Gasteiger partial charge is 0.338 e. The molecule has 2 N–H and O–H groups in total. The van der Waals surface area contributed by atoms with Crippen molar-refractivity contribution in [2.24, 2.45) is 17.6 Å². The number of halogens is 1. The zero-order valence-corrected chi connectivity index (χ0v) is 13.0. The summed E-state index contributed by atoms with van der Waals surface area (Å²) in [6.07, 6.45) is 2.32. The average Bonchev–Trinajstić information content (AvgIpc) is 2.99. The lowest BCUT2D eigenvalue weighted by Gasteiger charge is -2.18. The molecule has 1 saturated heterocycles. The van der Waals surface area contributed by atoms with Crippen LogP contribution in [-0.2, 0) is 0 Å². The quantitative estimate of drug-likeness (QED) is 0.866. The Labute approximate surface area is 124 Å². The van der Waals surface area contributed by atoms with Crippen LogP contribution in [0.1, 0.15) is 33.6 Å². The number of likely N-dealkylation sites (tertiary alicyclic amines) is 1. The van der Waals surface area contributed by atoms with Gasteiger partial charge in [-0.25, -0.2) is 0 Å². The smallest absolute Gasteiger partial charge is 0.254 e. The molecule has 0 spiro atoms. The van der Waals surface area contributed by atoms with Crippen LogP contribution in [0.15, 0.2) is 5.38 Å². The van der Waals surface area contributed by atoms with Crippen LogP contribution in [0.5, 0.6) is 0 Å². The van der Waals surface area contributed by atoms with Crippen molar-refractivity contribution in [3.63, 3.8) is 0 Å². The first kappa shape index (κ1) is 14.8. The topological polar surface area (TPSA) is 46.3 Å². The SMILES string of the molecule is Cc1scc(C(=O)N2CC3CCC(N)C3C2)c1C.Cl. The number of thiophene rings is 1. The van der Waals surface area contributed by atoms with Crippen molar-refractivity contribution in [1.82, 2.24) is 4.90 Å². The Morgan fingerprint density at radius 1 is 1.37 bits per heavy atom. The minimum absolute atomic E-state index is 0. The Balaban J connectivity index is 0.00000133. The molecule has 1 aromatic heterocycles. The minimum atomic E-state index is 0. The maximum absolute atomic E-state index is 12.5. The van der Waals surface area contributed by atoms with Gasteiger partial charge in [0.05, 0.1) is 5.56 Å². The highest BCUT2D eigenvalue weighted by Gasteiger charge is 2.42. The predicted molar refractivity (Wildman–Crippen MR) is 81.1 cm³/mol. The molecule has 3 rings (SSSR count). The summed E-state index contributed by atoms with van der Waals surface area (Å²) in [5.41, 5.74) is 8.16. The number of nitrogens with two attached hydrogens (primary N) is 1. The van der Waals surface area contributed by atoms with Gasteiger partial charge >= 0.3 is 0 Å². The summed E-state index contributed by atoms with van der Waals surface area (Å²) in [6.45, 7) is 5.89. The van der Waals surface area contributed by atoms with E-state index in [4.69, 9.17) is 5.73 Å². The number of nitrogens with zero attached hydrogens (tertiary/aromatic N) is 1. The van der Waals surface area contributed by atoms with Crippen LogP contribution in [0.4, 0.5) is 0 Å². The van der Waals surface area contributed by atoms with Gasteiger partial charge in [-0.15, -0.1) is 23.7 Å².